The van der Waals surface area contributed by atoms with E-state index in [4.69, 9.17) is 9.11 Å². The minimum Gasteiger partial charge on any atom is -0.307 e. The Labute approximate surface area is 59.7 Å². The van der Waals surface area contributed by atoms with Crippen molar-refractivity contribution < 1.29 is 17.7 Å². The van der Waals surface area contributed by atoms with Gasteiger partial charge in [0.05, 0.1) is 14.4 Å². The minimum atomic E-state index is -4.73. The van der Waals surface area contributed by atoms with Crippen molar-refractivity contribution in [3.8, 4) is 0 Å². The van der Waals surface area contributed by atoms with Crippen LogP contribution in [-0.4, -0.2) is 31.0 Å². The molecule has 0 aromatic carbocycles. The molecule has 2 N–H and O–H groups in total. The molecule has 0 saturated carbocycles. The summed E-state index contributed by atoms with van der Waals surface area (Å²) < 4.78 is 39.1. The second kappa shape index (κ2) is 1.99. The van der Waals surface area contributed by atoms with Gasteiger partial charge in [0.15, 0.2) is 0 Å². The van der Waals surface area contributed by atoms with Crippen molar-refractivity contribution in [3.63, 3.8) is 0 Å². The van der Waals surface area contributed by atoms with Gasteiger partial charge < -0.3 is 9.11 Å². The molecule has 64 valence electrons. The molecule has 0 bridgehead atoms. The lowest BCUT2D eigenvalue weighted by molar-refractivity contribution is 0.322. The van der Waals surface area contributed by atoms with Crippen LogP contribution in [0.15, 0.2) is 0 Å². The summed E-state index contributed by atoms with van der Waals surface area (Å²) in [7, 11) is -4.73. The van der Waals surface area contributed by atoms with Gasteiger partial charge in [-0.3, -0.25) is 0 Å². The Balaban J connectivity index is 4.84. The maximum atomic E-state index is 12.0. The van der Waals surface area contributed by atoms with E-state index in [0.717, 1.165) is 6.26 Å². The van der Waals surface area contributed by atoms with E-state index in [-0.39, 0.29) is 0 Å². The van der Waals surface area contributed by atoms with Gasteiger partial charge in [-0.25, -0.2) is 8.60 Å². The Morgan fingerprint density at radius 3 is 1.80 bits per heavy atom. The van der Waals surface area contributed by atoms with E-state index in [9.17, 15) is 8.60 Å². The van der Waals surface area contributed by atoms with Crippen LogP contribution < -0.4 is 0 Å². The molecule has 3 nitrogen and oxygen atoms in total. The number of hydrogen-bond donors (Lipinski definition) is 2. The number of alkyl halides is 1. The highest BCUT2D eigenvalue weighted by molar-refractivity contribution is 8.10. The molecule has 0 heterocycles. The lowest BCUT2D eigenvalue weighted by Gasteiger charge is -2.39. The molecule has 0 saturated heterocycles. The van der Waals surface area contributed by atoms with Crippen LogP contribution in [0.5, 0.6) is 0 Å². The van der Waals surface area contributed by atoms with Crippen LogP contribution in [0.4, 0.5) is 4.39 Å². The van der Waals surface area contributed by atoms with Crippen molar-refractivity contribution in [2.24, 2.45) is 0 Å². The van der Waals surface area contributed by atoms with E-state index < -0.39 is 21.0 Å². The highest BCUT2D eigenvalue weighted by Gasteiger charge is 2.43. The summed E-state index contributed by atoms with van der Waals surface area (Å²) in [5, 5.41) is 0. The molecule has 5 heteroatoms. The molecule has 0 unspecified atom stereocenters. The second-order valence-electron chi connectivity index (χ2n) is 3.13. The zero-order valence-electron chi connectivity index (χ0n) is 6.30. The topological polar surface area (TPSA) is 57.5 Å². The van der Waals surface area contributed by atoms with Gasteiger partial charge >= 0.3 is 0 Å². The smallest absolute Gasteiger partial charge is 0.109 e. The average molecular weight is 172 g/mol. The Bertz CT molecular complexity index is 182. The maximum absolute atomic E-state index is 12.0. The average Bonchev–Trinajstić information content (AvgIpc) is 1.61. The summed E-state index contributed by atoms with van der Waals surface area (Å²) in [5.74, 6) is 0. The normalized spacial score (nSPS) is 18.0. The Kier molecular flexibility index (Phi) is 1.99. The van der Waals surface area contributed by atoms with Crippen LogP contribution in [0, 0.1) is 0 Å². The number of hydrogen-bond acceptors (Lipinski definition) is 1. The summed E-state index contributed by atoms with van der Waals surface area (Å²) in [4.78, 5) is 0. The third-order valence-electron chi connectivity index (χ3n) is 1.59. The zero-order chi connectivity index (χ0) is 8.65. The van der Waals surface area contributed by atoms with Crippen molar-refractivity contribution in [2.75, 3.05) is 12.9 Å². The molecule has 0 aromatic rings. The van der Waals surface area contributed by atoms with Gasteiger partial charge in [-0.1, -0.05) is 0 Å². The van der Waals surface area contributed by atoms with Crippen molar-refractivity contribution >= 4 is 9.63 Å². The first-order valence-electron chi connectivity index (χ1n) is 2.77. The Hall–Kier alpha value is -0.0000000000000000416. The monoisotopic (exact) mass is 172 g/mol. The largest absolute Gasteiger partial charge is 0.307 e. The van der Waals surface area contributed by atoms with Gasteiger partial charge in [-0.15, -0.1) is 0 Å². The zero-order valence-corrected chi connectivity index (χ0v) is 7.11. The van der Waals surface area contributed by atoms with Crippen molar-refractivity contribution in [1.82, 2.24) is 0 Å². The first-order valence-corrected chi connectivity index (χ1v) is 5.05. The van der Waals surface area contributed by atoms with E-state index in [0.29, 0.717) is 0 Å². The van der Waals surface area contributed by atoms with Gasteiger partial charge in [0.25, 0.3) is 0 Å². The van der Waals surface area contributed by atoms with Gasteiger partial charge in [0.2, 0.25) is 0 Å². The summed E-state index contributed by atoms with van der Waals surface area (Å²) >= 11 is 0. The van der Waals surface area contributed by atoms with Gasteiger partial charge in [-0.2, -0.15) is 0 Å². The van der Waals surface area contributed by atoms with Crippen molar-refractivity contribution in [1.29, 1.82) is 0 Å². The molecule has 0 radical (unpaired) electrons. The van der Waals surface area contributed by atoms with Gasteiger partial charge in [0, 0.05) is 6.26 Å². The molecule has 0 spiro atoms. The third-order valence-corrected chi connectivity index (χ3v) is 4.25. The van der Waals surface area contributed by atoms with Crippen LogP contribution in [0.2, 0.25) is 0 Å². The van der Waals surface area contributed by atoms with Gasteiger partial charge in [0.1, 0.15) is 6.67 Å². The Morgan fingerprint density at radius 2 is 1.80 bits per heavy atom. The molecule has 0 atom stereocenters. The molecule has 0 amide bonds. The summed E-state index contributed by atoms with van der Waals surface area (Å²) in [6, 6.07) is 0. The van der Waals surface area contributed by atoms with E-state index in [1.165, 1.54) is 13.8 Å². The molecular weight excluding hydrogens is 159 g/mol. The molecule has 0 aromatic heterocycles. The SMILES string of the molecule is CC(C)(CF)S(C)(=O)(O)O. The summed E-state index contributed by atoms with van der Waals surface area (Å²) in [6.07, 6.45) is 0.747. The fourth-order valence-corrected chi connectivity index (χ4v) is 0.377. The molecule has 0 fully saturated rings. The van der Waals surface area contributed by atoms with Crippen LogP contribution in [0.25, 0.3) is 0 Å². The Morgan fingerprint density at radius 1 is 1.50 bits per heavy atom. The summed E-state index contributed by atoms with van der Waals surface area (Å²) in [5.41, 5.74) is 0. The highest BCUT2D eigenvalue weighted by Crippen LogP contribution is 2.30. The maximum Gasteiger partial charge on any atom is 0.109 e. The fraction of sp³-hybridized carbons (Fsp3) is 1.00. The number of halogens is 1. The van der Waals surface area contributed by atoms with E-state index >= 15 is 0 Å². The quantitative estimate of drug-likeness (QED) is 0.656. The third kappa shape index (κ3) is 1.74. The standard InChI is InChI=1S/C5H13FO3S/c1-5(2,4-6)10(3,7,8)9/h4H2,1-3H3,(H2,7,8,9). The lowest BCUT2D eigenvalue weighted by atomic mass is 10.2. The predicted molar refractivity (Wildman–Crippen MR) is 39.4 cm³/mol. The molecule has 0 aliphatic heterocycles. The van der Waals surface area contributed by atoms with Crippen LogP contribution >= 0.6 is 0 Å². The van der Waals surface area contributed by atoms with E-state index in [1.54, 1.807) is 0 Å². The van der Waals surface area contributed by atoms with Gasteiger partial charge in [-0.05, 0) is 13.8 Å². The second-order valence-corrected chi connectivity index (χ2v) is 6.70. The molecule has 0 rings (SSSR count). The van der Waals surface area contributed by atoms with Crippen LogP contribution in [0.3, 0.4) is 0 Å². The predicted octanol–water partition coefficient (Wildman–Crippen LogP) is 1.13. The number of rotatable bonds is 2. The van der Waals surface area contributed by atoms with E-state index in [1.807, 2.05) is 0 Å². The first-order chi connectivity index (χ1) is 4.07. The first kappa shape index (κ1) is 10.0. The van der Waals surface area contributed by atoms with E-state index in [2.05, 4.69) is 0 Å². The van der Waals surface area contributed by atoms with Crippen molar-refractivity contribution in [3.05, 3.63) is 0 Å². The molecule has 0 aliphatic carbocycles. The fourth-order valence-electron chi connectivity index (χ4n) is 0.126. The van der Waals surface area contributed by atoms with Crippen LogP contribution in [-0.2, 0) is 9.63 Å². The highest BCUT2D eigenvalue weighted by atomic mass is 32.3. The summed E-state index contributed by atoms with van der Waals surface area (Å²) in [6.45, 7) is 1.37. The minimum absolute atomic E-state index is 0.747. The molecule has 0 aliphatic rings. The molecular formula is C5H13FO3S. The lowest BCUT2D eigenvalue weighted by Crippen LogP contribution is -2.51. The molecule has 10 heavy (non-hydrogen) atoms. The van der Waals surface area contributed by atoms with Crippen LogP contribution in [0.1, 0.15) is 13.8 Å². The van der Waals surface area contributed by atoms with Crippen molar-refractivity contribution in [2.45, 2.75) is 18.6 Å².